The highest BCUT2D eigenvalue weighted by Crippen LogP contribution is 2.25. The fourth-order valence-electron chi connectivity index (χ4n) is 1.28. The Bertz CT molecular complexity index is 289. The monoisotopic (exact) mass is 198 g/mol. The molecule has 2 heterocycles. The van der Waals surface area contributed by atoms with Gasteiger partial charge in [-0.15, -0.1) is 11.3 Å². The van der Waals surface area contributed by atoms with Crippen molar-refractivity contribution in [3.05, 3.63) is 16.3 Å². The second-order valence-electron chi connectivity index (χ2n) is 2.87. The number of carbonyl (C=O) groups excluding carboxylic acids is 1. The van der Waals surface area contributed by atoms with Crippen molar-refractivity contribution in [3.8, 4) is 5.75 Å². The van der Waals surface area contributed by atoms with Gasteiger partial charge in [-0.3, -0.25) is 4.79 Å². The summed E-state index contributed by atoms with van der Waals surface area (Å²) in [4.78, 5) is 11.2. The van der Waals surface area contributed by atoms with Gasteiger partial charge in [-0.05, 0) is 11.4 Å². The standard InChI is InChI=1S/C9H10O3S/c10-5-9-8(2-4-13-9)12-7-1-3-11-6-7/h2,4-5,7H,1,3,6H2/t7-/m1/s1. The third-order valence-electron chi connectivity index (χ3n) is 1.95. The van der Waals surface area contributed by atoms with Crippen LogP contribution in [0.25, 0.3) is 0 Å². The molecule has 0 saturated carbocycles. The van der Waals surface area contributed by atoms with E-state index >= 15 is 0 Å². The van der Waals surface area contributed by atoms with Crippen LogP contribution in [0.1, 0.15) is 16.1 Å². The number of carbonyl (C=O) groups is 1. The molecule has 0 unspecified atom stereocenters. The second-order valence-corrected chi connectivity index (χ2v) is 3.82. The van der Waals surface area contributed by atoms with Crippen molar-refractivity contribution in [2.75, 3.05) is 13.2 Å². The maximum atomic E-state index is 10.6. The van der Waals surface area contributed by atoms with Crippen molar-refractivity contribution < 1.29 is 14.3 Å². The summed E-state index contributed by atoms with van der Waals surface area (Å²) in [5.74, 6) is 0.690. The minimum atomic E-state index is 0.119. The quantitative estimate of drug-likeness (QED) is 0.694. The van der Waals surface area contributed by atoms with Gasteiger partial charge >= 0.3 is 0 Å². The molecule has 0 amide bonds. The van der Waals surface area contributed by atoms with Crippen LogP contribution in [0.4, 0.5) is 0 Å². The van der Waals surface area contributed by atoms with Gasteiger partial charge in [-0.25, -0.2) is 0 Å². The maximum Gasteiger partial charge on any atom is 0.163 e. The number of thiophene rings is 1. The van der Waals surface area contributed by atoms with Crippen LogP contribution >= 0.6 is 11.3 Å². The first-order valence-electron chi connectivity index (χ1n) is 4.17. The van der Waals surface area contributed by atoms with E-state index in [1.54, 1.807) is 0 Å². The first-order chi connectivity index (χ1) is 6.40. The summed E-state index contributed by atoms with van der Waals surface area (Å²) in [6.07, 6.45) is 1.86. The fourth-order valence-corrected chi connectivity index (χ4v) is 1.90. The molecule has 0 spiro atoms. The molecule has 0 N–H and O–H groups in total. The minimum Gasteiger partial charge on any atom is -0.486 e. The Balaban J connectivity index is 2.03. The zero-order chi connectivity index (χ0) is 9.10. The van der Waals surface area contributed by atoms with E-state index in [-0.39, 0.29) is 6.10 Å². The molecule has 3 nitrogen and oxygen atoms in total. The number of hydrogen-bond donors (Lipinski definition) is 0. The zero-order valence-electron chi connectivity index (χ0n) is 7.06. The Morgan fingerprint density at radius 2 is 2.62 bits per heavy atom. The van der Waals surface area contributed by atoms with Crippen LogP contribution in [0, 0.1) is 0 Å². The molecule has 1 aromatic rings. The summed E-state index contributed by atoms with van der Waals surface area (Å²) in [6.45, 7) is 1.39. The summed E-state index contributed by atoms with van der Waals surface area (Å²) in [6, 6.07) is 1.83. The normalized spacial score (nSPS) is 21.7. The average Bonchev–Trinajstić information content (AvgIpc) is 2.76. The molecular formula is C9H10O3S. The molecule has 1 atom stereocenters. The molecule has 2 rings (SSSR count). The summed E-state index contributed by atoms with van der Waals surface area (Å²) in [7, 11) is 0. The van der Waals surface area contributed by atoms with E-state index in [0.29, 0.717) is 17.2 Å². The highest BCUT2D eigenvalue weighted by atomic mass is 32.1. The Kier molecular flexibility index (Phi) is 2.61. The fraction of sp³-hybridized carbons (Fsp3) is 0.444. The molecule has 1 aliphatic rings. The van der Waals surface area contributed by atoms with E-state index in [2.05, 4.69) is 0 Å². The molecule has 0 aromatic carbocycles. The highest BCUT2D eigenvalue weighted by molar-refractivity contribution is 7.12. The molecule has 70 valence electrons. The number of ether oxygens (including phenoxy) is 2. The molecule has 1 saturated heterocycles. The van der Waals surface area contributed by atoms with E-state index in [1.807, 2.05) is 11.4 Å². The summed E-state index contributed by atoms with van der Waals surface area (Å²) in [5, 5.41) is 1.86. The minimum absolute atomic E-state index is 0.119. The van der Waals surface area contributed by atoms with E-state index in [9.17, 15) is 4.79 Å². The van der Waals surface area contributed by atoms with Gasteiger partial charge in [0.05, 0.1) is 13.2 Å². The molecule has 4 heteroatoms. The van der Waals surface area contributed by atoms with Gasteiger partial charge in [0.1, 0.15) is 16.7 Å². The molecule has 0 aliphatic carbocycles. The Morgan fingerprint density at radius 3 is 3.31 bits per heavy atom. The molecule has 1 fully saturated rings. The third-order valence-corrected chi connectivity index (χ3v) is 2.77. The predicted molar refractivity (Wildman–Crippen MR) is 49.6 cm³/mol. The largest absolute Gasteiger partial charge is 0.486 e. The Morgan fingerprint density at radius 1 is 1.69 bits per heavy atom. The SMILES string of the molecule is O=Cc1sccc1O[C@@H]1CCOC1. The van der Waals surface area contributed by atoms with Gasteiger partial charge in [0, 0.05) is 6.42 Å². The van der Waals surface area contributed by atoms with Gasteiger partial charge in [0.2, 0.25) is 0 Å². The van der Waals surface area contributed by atoms with Gasteiger partial charge < -0.3 is 9.47 Å². The van der Waals surface area contributed by atoms with Crippen LogP contribution in [0.5, 0.6) is 5.75 Å². The van der Waals surface area contributed by atoms with Gasteiger partial charge in [-0.1, -0.05) is 0 Å². The average molecular weight is 198 g/mol. The zero-order valence-corrected chi connectivity index (χ0v) is 7.88. The van der Waals surface area contributed by atoms with Crippen LogP contribution < -0.4 is 4.74 Å². The molecule has 13 heavy (non-hydrogen) atoms. The Hall–Kier alpha value is -0.870. The lowest BCUT2D eigenvalue weighted by Crippen LogP contribution is -2.15. The van der Waals surface area contributed by atoms with Crippen molar-refractivity contribution in [3.63, 3.8) is 0 Å². The maximum absolute atomic E-state index is 10.6. The van der Waals surface area contributed by atoms with Crippen molar-refractivity contribution in [1.82, 2.24) is 0 Å². The predicted octanol–water partition coefficient (Wildman–Crippen LogP) is 1.73. The van der Waals surface area contributed by atoms with Crippen LogP contribution in [0.15, 0.2) is 11.4 Å². The van der Waals surface area contributed by atoms with Crippen molar-refractivity contribution in [2.24, 2.45) is 0 Å². The number of rotatable bonds is 3. The van der Waals surface area contributed by atoms with Crippen molar-refractivity contribution in [1.29, 1.82) is 0 Å². The molecule has 1 aliphatic heterocycles. The van der Waals surface area contributed by atoms with Gasteiger partial charge in [-0.2, -0.15) is 0 Å². The molecule has 1 aromatic heterocycles. The smallest absolute Gasteiger partial charge is 0.163 e. The number of hydrogen-bond acceptors (Lipinski definition) is 4. The topological polar surface area (TPSA) is 35.5 Å². The molecular weight excluding hydrogens is 188 g/mol. The first kappa shape index (κ1) is 8.72. The lowest BCUT2D eigenvalue weighted by atomic mass is 10.3. The summed E-state index contributed by atoms with van der Waals surface area (Å²) >= 11 is 1.40. The van der Waals surface area contributed by atoms with Crippen LogP contribution in [-0.2, 0) is 4.74 Å². The first-order valence-corrected chi connectivity index (χ1v) is 5.05. The Labute approximate surface area is 80.3 Å². The van der Waals surface area contributed by atoms with Gasteiger partial charge in [0.25, 0.3) is 0 Å². The van der Waals surface area contributed by atoms with E-state index in [0.717, 1.165) is 19.3 Å². The molecule has 0 radical (unpaired) electrons. The lowest BCUT2D eigenvalue weighted by Gasteiger charge is -2.10. The van der Waals surface area contributed by atoms with Crippen LogP contribution in [-0.4, -0.2) is 25.6 Å². The van der Waals surface area contributed by atoms with Crippen molar-refractivity contribution in [2.45, 2.75) is 12.5 Å². The van der Waals surface area contributed by atoms with Crippen LogP contribution in [0.2, 0.25) is 0 Å². The van der Waals surface area contributed by atoms with Crippen LogP contribution in [0.3, 0.4) is 0 Å². The molecule has 0 bridgehead atoms. The summed E-state index contributed by atoms with van der Waals surface area (Å²) in [5.41, 5.74) is 0. The number of aldehydes is 1. The second kappa shape index (κ2) is 3.89. The van der Waals surface area contributed by atoms with E-state index in [4.69, 9.17) is 9.47 Å². The third kappa shape index (κ3) is 1.89. The van der Waals surface area contributed by atoms with E-state index < -0.39 is 0 Å². The van der Waals surface area contributed by atoms with Gasteiger partial charge in [0.15, 0.2) is 6.29 Å². The summed E-state index contributed by atoms with van der Waals surface area (Å²) < 4.78 is 10.8. The lowest BCUT2D eigenvalue weighted by molar-refractivity contribution is 0.111. The highest BCUT2D eigenvalue weighted by Gasteiger charge is 2.18. The van der Waals surface area contributed by atoms with Crippen molar-refractivity contribution >= 4 is 17.6 Å². The van der Waals surface area contributed by atoms with E-state index in [1.165, 1.54) is 11.3 Å².